The van der Waals surface area contributed by atoms with E-state index in [9.17, 15) is 18.6 Å². The fourth-order valence-electron chi connectivity index (χ4n) is 3.61. The molecule has 0 radical (unpaired) electrons. The highest BCUT2D eigenvalue weighted by Crippen LogP contribution is 2.31. The first-order chi connectivity index (χ1) is 15.5. The van der Waals surface area contributed by atoms with E-state index < -0.39 is 22.7 Å². The van der Waals surface area contributed by atoms with E-state index in [2.05, 4.69) is 27.9 Å². The summed E-state index contributed by atoms with van der Waals surface area (Å²) >= 11 is 2.25. The average Bonchev–Trinajstić information content (AvgIpc) is 3.11. The van der Waals surface area contributed by atoms with Gasteiger partial charge in [0, 0.05) is 33.4 Å². The summed E-state index contributed by atoms with van der Waals surface area (Å²) < 4.78 is 30.0. The average molecular weight is 578 g/mol. The molecule has 1 N–H and O–H groups in total. The van der Waals surface area contributed by atoms with Gasteiger partial charge in [-0.2, -0.15) is 0 Å². The van der Waals surface area contributed by atoms with Crippen LogP contribution in [-0.4, -0.2) is 82.7 Å². The molecular weight excluding hydrogens is 551 g/mol. The molecule has 176 valence electrons. The molecule has 2 heterocycles. The number of nitrogens with one attached hydrogen (secondary N) is 1. The molecule has 1 aromatic carbocycles. The van der Waals surface area contributed by atoms with Crippen molar-refractivity contribution in [3.05, 3.63) is 29.3 Å². The summed E-state index contributed by atoms with van der Waals surface area (Å²) in [5.41, 5.74) is 1.13. The number of halogens is 1. The first-order valence-corrected chi connectivity index (χ1v) is 13.3. The maximum absolute atomic E-state index is 12.9. The Bertz CT molecular complexity index is 867. The normalized spacial score (nSPS) is 19.2. The van der Waals surface area contributed by atoms with E-state index in [-0.39, 0.29) is 24.8 Å². The third kappa shape index (κ3) is 6.56. The number of hydrogen-bond acceptors (Lipinski definition) is 7. The van der Waals surface area contributed by atoms with Gasteiger partial charge in [0.05, 0.1) is 56.2 Å². The van der Waals surface area contributed by atoms with Crippen LogP contribution in [0.2, 0.25) is 0 Å². The summed E-state index contributed by atoms with van der Waals surface area (Å²) in [6, 6.07) is 4.44. The maximum Gasteiger partial charge on any atom is 0.255 e. The largest absolute Gasteiger partial charge is 0.378 e. The smallest absolute Gasteiger partial charge is 0.255 e. The number of benzene rings is 1. The third-order valence-corrected chi connectivity index (χ3v) is 7.01. The SMILES string of the molecule is O=C1CCC(N2Cc3c(cccc3S(=O)CCOCCOCCOCCI)C2=O)C(=O)N1. The van der Waals surface area contributed by atoms with Gasteiger partial charge >= 0.3 is 0 Å². The van der Waals surface area contributed by atoms with Gasteiger partial charge in [0.15, 0.2) is 0 Å². The molecule has 0 spiro atoms. The van der Waals surface area contributed by atoms with Crippen LogP contribution in [0.1, 0.15) is 28.8 Å². The minimum atomic E-state index is -1.35. The highest BCUT2D eigenvalue weighted by molar-refractivity contribution is 14.1. The van der Waals surface area contributed by atoms with Gasteiger partial charge in [-0.1, -0.05) is 28.7 Å². The number of carbonyl (C=O) groups is 3. The Morgan fingerprint density at radius 2 is 1.72 bits per heavy atom. The van der Waals surface area contributed by atoms with Crippen molar-refractivity contribution in [1.82, 2.24) is 10.2 Å². The second kappa shape index (κ2) is 12.7. The lowest BCUT2D eigenvalue weighted by Crippen LogP contribution is -2.52. The molecule has 0 saturated carbocycles. The summed E-state index contributed by atoms with van der Waals surface area (Å²) in [7, 11) is -1.35. The summed E-state index contributed by atoms with van der Waals surface area (Å²) in [6.07, 6.45) is 0.491. The van der Waals surface area contributed by atoms with E-state index in [4.69, 9.17) is 14.2 Å². The monoisotopic (exact) mass is 578 g/mol. The zero-order valence-electron chi connectivity index (χ0n) is 17.7. The minimum Gasteiger partial charge on any atom is -0.378 e. The van der Waals surface area contributed by atoms with E-state index in [1.807, 2.05) is 0 Å². The van der Waals surface area contributed by atoms with Crippen LogP contribution in [0.5, 0.6) is 0 Å². The standard InChI is InChI=1S/C21H27IN2O7S/c22-6-7-29-8-9-30-10-11-31-12-13-32(28)18-3-1-2-15-16(18)14-24(21(15)27)17-4-5-19(25)23-20(17)26/h1-3,17H,4-14H2,(H,23,25,26). The Balaban J connectivity index is 1.47. The van der Waals surface area contributed by atoms with Gasteiger partial charge in [0.25, 0.3) is 5.91 Å². The number of carbonyl (C=O) groups excluding carboxylic acids is 3. The van der Waals surface area contributed by atoms with E-state index in [1.165, 1.54) is 4.90 Å². The molecule has 2 unspecified atom stereocenters. The van der Waals surface area contributed by atoms with Crippen LogP contribution in [0, 0.1) is 0 Å². The van der Waals surface area contributed by atoms with Crippen molar-refractivity contribution < 1.29 is 32.8 Å². The molecule has 2 aliphatic rings. The highest BCUT2D eigenvalue weighted by atomic mass is 127. The number of nitrogens with zero attached hydrogens (tertiary/aromatic N) is 1. The van der Waals surface area contributed by atoms with E-state index >= 15 is 0 Å². The van der Waals surface area contributed by atoms with Gasteiger partial charge in [-0.25, -0.2) is 0 Å². The number of alkyl halides is 1. The van der Waals surface area contributed by atoms with Gasteiger partial charge in [-0.3, -0.25) is 23.9 Å². The van der Waals surface area contributed by atoms with Crippen molar-refractivity contribution in [1.29, 1.82) is 0 Å². The molecule has 0 aliphatic carbocycles. The number of amides is 3. The van der Waals surface area contributed by atoms with Crippen molar-refractivity contribution in [3.63, 3.8) is 0 Å². The van der Waals surface area contributed by atoms with Crippen LogP contribution in [0.15, 0.2) is 23.1 Å². The molecule has 0 bridgehead atoms. The first kappa shape index (κ1) is 25.2. The van der Waals surface area contributed by atoms with Gasteiger partial charge in [-0.15, -0.1) is 0 Å². The van der Waals surface area contributed by atoms with Gasteiger partial charge < -0.3 is 19.1 Å². The lowest BCUT2D eigenvalue weighted by molar-refractivity contribution is -0.136. The topological polar surface area (TPSA) is 111 Å². The number of imide groups is 1. The molecule has 1 aromatic rings. The predicted molar refractivity (Wildman–Crippen MR) is 125 cm³/mol. The van der Waals surface area contributed by atoms with Crippen LogP contribution in [-0.2, 0) is 41.1 Å². The molecule has 3 rings (SSSR count). The molecule has 0 aromatic heterocycles. The zero-order valence-corrected chi connectivity index (χ0v) is 20.7. The van der Waals surface area contributed by atoms with Crippen LogP contribution in [0.25, 0.3) is 0 Å². The fourth-order valence-corrected chi connectivity index (χ4v) is 5.09. The molecule has 2 aliphatic heterocycles. The molecule has 3 amide bonds. The maximum atomic E-state index is 12.9. The molecule has 11 heteroatoms. The Morgan fingerprint density at radius 3 is 2.41 bits per heavy atom. The highest BCUT2D eigenvalue weighted by Gasteiger charge is 2.40. The molecular formula is C21H27IN2O7S. The second-order valence-corrected chi connectivity index (χ2v) is 9.88. The molecule has 1 fully saturated rings. The lowest BCUT2D eigenvalue weighted by atomic mass is 10.0. The quantitative estimate of drug-likeness (QED) is 0.161. The van der Waals surface area contributed by atoms with Gasteiger partial charge in [-0.05, 0) is 18.6 Å². The van der Waals surface area contributed by atoms with Gasteiger partial charge in [0.1, 0.15) is 6.04 Å². The molecule has 9 nitrogen and oxygen atoms in total. The Labute approximate surface area is 203 Å². The van der Waals surface area contributed by atoms with Crippen LogP contribution in [0.4, 0.5) is 0 Å². The van der Waals surface area contributed by atoms with Crippen molar-refractivity contribution in [2.45, 2.75) is 30.3 Å². The first-order valence-electron chi connectivity index (χ1n) is 10.5. The molecule has 2 atom stereocenters. The van der Waals surface area contributed by atoms with E-state index in [1.54, 1.807) is 18.2 Å². The lowest BCUT2D eigenvalue weighted by Gasteiger charge is -2.29. The van der Waals surface area contributed by atoms with Gasteiger partial charge in [0.2, 0.25) is 11.8 Å². The third-order valence-electron chi connectivity index (χ3n) is 5.16. The fraction of sp³-hybridized carbons (Fsp3) is 0.571. The second-order valence-electron chi connectivity index (χ2n) is 7.26. The van der Waals surface area contributed by atoms with E-state index in [0.717, 1.165) is 4.43 Å². The number of ether oxygens (including phenoxy) is 3. The Kier molecular flexibility index (Phi) is 10.0. The van der Waals surface area contributed by atoms with Crippen LogP contribution >= 0.6 is 22.6 Å². The van der Waals surface area contributed by atoms with Crippen molar-refractivity contribution >= 4 is 51.1 Å². The molecule has 32 heavy (non-hydrogen) atoms. The predicted octanol–water partition coefficient (Wildman–Crippen LogP) is 1.04. The molecule has 1 saturated heterocycles. The van der Waals surface area contributed by atoms with Crippen LogP contribution < -0.4 is 5.32 Å². The van der Waals surface area contributed by atoms with Crippen LogP contribution in [0.3, 0.4) is 0 Å². The van der Waals surface area contributed by atoms with Crippen molar-refractivity contribution in [3.8, 4) is 0 Å². The number of rotatable bonds is 13. The summed E-state index contributed by atoms with van der Waals surface area (Å²) in [6.45, 7) is 3.13. The summed E-state index contributed by atoms with van der Waals surface area (Å²) in [4.78, 5) is 38.5. The Hall–Kier alpha value is -1.41. The number of fused-ring (bicyclic) bond motifs is 1. The van der Waals surface area contributed by atoms with E-state index in [0.29, 0.717) is 67.8 Å². The summed E-state index contributed by atoms with van der Waals surface area (Å²) in [5.74, 6) is -0.768. The van der Waals surface area contributed by atoms with Crippen molar-refractivity contribution in [2.75, 3.05) is 49.8 Å². The zero-order chi connectivity index (χ0) is 22.9. The summed E-state index contributed by atoms with van der Waals surface area (Å²) in [5, 5.41) is 2.29. The Morgan fingerprint density at radius 1 is 1.03 bits per heavy atom. The minimum absolute atomic E-state index is 0.196. The number of hydrogen-bond donors (Lipinski definition) is 1. The number of piperidine rings is 1. The van der Waals surface area contributed by atoms with Crippen molar-refractivity contribution in [2.24, 2.45) is 0 Å².